The van der Waals surface area contributed by atoms with E-state index in [4.69, 9.17) is 11.6 Å². The minimum Gasteiger partial charge on any atom is -0.319 e. The molecule has 0 aliphatic heterocycles. The van der Waals surface area contributed by atoms with Crippen molar-refractivity contribution in [3.05, 3.63) is 33.8 Å². The van der Waals surface area contributed by atoms with E-state index in [0.717, 1.165) is 39.1 Å². The summed E-state index contributed by atoms with van der Waals surface area (Å²) in [6.45, 7) is 2.93. The fourth-order valence-electron chi connectivity index (χ4n) is 1.53. The maximum Gasteiger partial charge on any atom is 0.148 e. The Morgan fingerprint density at radius 3 is 2.94 bits per heavy atom. The van der Waals surface area contributed by atoms with Crippen molar-refractivity contribution in [1.29, 1.82) is 0 Å². The van der Waals surface area contributed by atoms with Crippen molar-refractivity contribution in [2.45, 2.75) is 13.3 Å². The maximum atomic E-state index is 6.10. The van der Waals surface area contributed by atoms with E-state index in [0.29, 0.717) is 0 Å². The second-order valence-corrected chi connectivity index (χ2v) is 5.24. The van der Waals surface area contributed by atoms with Crippen molar-refractivity contribution >= 4 is 22.9 Å². The van der Waals surface area contributed by atoms with Crippen LogP contribution in [-0.2, 0) is 6.42 Å². The lowest BCUT2D eigenvalue weighted by Gasteiger charge is -2.02. The molecule has 0 saturated heterocycles. The smallest absolute Gasteiger partial charge is 0.148 e. The van der Waals surface area contributed by atoms with E-state index in [-0.39, 0.29) is 0 Å². The van der Waals surface area contributed by atoms with Crippen molar-refractivity contribution in [3.8, 4) is 10.6 Å². The largest absolute Gasteiger partial charge is 0.319 e. The van der Waals surface area contributed by atoms with E-state index in [1.54, 1.807) is 11.3 Å². The third-order valence-electron chi connectivity index (χ3n) is 2.55. The summed E-state index contributed by atoms with van der Waals surface area (Å²) in [4.78, 5) is 0. The molecule has 3 nitrogen and oxygen atoms in total. The Kier molecular flexibility index (Phi) is 4.10. The van der Waals surface area contributed by atoms with Gasteiger partial charge < -0.3 is 5.32 Å². The first-order chi connectivity index (χ1) is 8.22. The van der Waals surface area contributed by atoms with Crippen LogP contribution in [0.5, 0.6) is 0 Å². The Morgan fingerprint density at radius 1 is 1.35 bits per heavy atom. The van der Waals surface area contributed by atoms with Gasteiger partial charge in [-0.25, -0.2) is 0 Å². The van der Waals surface area contributed by atoms with Gasteiger partial charge in [0.15, 0.2) is 0 Å². The first kappa shape index (κ1) is 12.5. The lowest BCUT2D eigenvalue weighted by atomic mass is 10.1. The van der Waals surface area contributed by atoms with Gasteiger partial charge in [0.25, 0.3) is 0 Å². The van der Waals surface area contributed by atoms with Crippen molar-refractivity contribution < 1.29 is 0 Å². The highest BCUT2D eigenvalue weighted by molar-refractivity contribution is 7.14. The van der Waals surface area contributed by atoms with Crippen LogP contribution in [0.25, 0.3) is 10.6 Å². The SMILES string of the molecule is CNCCc1nnc(-c2cccc(Cl)c2C)s1. The highest BCUT2D eigenvalue weighted by Crippen LogP contribution is 2.30. The molecule has 0 spiro atoms. The number of rotatable bonds is 4. The van der Waals surface area contributed by atoms with Gasteiger partial charge >= 0.3 is 0 Å². The summed E-state index contributed by atoms with van der Waals surface area (Å²) in [5.74, 6) is 0. The molecule has 2 aromatic rings. The van der Waals surface area contributed by atoms with Crippen molar-refractivity contribution in [1.82, 2.24) is 15.5 Å². The van der Waals surface area contributed by atoms with Crippen LogP contribution in [0.15, 0.2) is 18.2 Å². The van der Waals surface area contributed by atoms with Crippen molar-refractivity contribution in [3.63, 3.8) is 0 Å². The monoisotopic (exact) mass is 267 g/mol. The number of halogens is 1. The maximum absolute atomic E-state index is 6.10. The predicted molar refractivity (Wildman–Crippen MR) is 72.7 cm³/mol. The lowest BCUT2D eigenvalue weighted by molar-refractivity contribution is 0.779. The summed E-state index contributed by atoms with van der Waals surface area (Å²) >= 11 is 7.73. The normalized spacial score (nSPS) is 10.8. The minimum atomic E-state index is 0.773. The molecule has 0 radical (unpaired) electrons. The first-order valence-corrected chi connectivity index (χ1v) is 6.64. The fraction of sp³-hybridized carbons (Fsp3) is 0.333. The van der Waals surface area contributed by atoms with Gasteiger partial charge in [-0.05, 0) is 25.6 Å². The topological polar surface area (TPSA) is 37.8 Å². The molecule has 1 aromatic heterocycles. The van der Waals surface area contributed by atoms with Gasteiger partial charge in [0.05, 0.1) is 0 Å². The predicted octanol–water partition coefficient (Wildman–Crippen LogP) is 2.93. The van der Waals surface area contributed by atoms with Gasteiger partial charge in [0.2, 0.25) is 0 Å². The van der Waals surface area contributed by atoms with Gasteiger partial charge in [0, 0.05) is 23.6 Å². The van der Waals surface area contributed by atoms with Gasteiger partial charge in [0.1, 0.15) is 10.0 Å². The molecule has 5 heteroatoms. The molecule has 0 aliphatic carbocycles. The van der Waals surface area contributed by atoms with E-state index in [9.17, 15) is 0 Å². The molecular weight excluding hydrogens is 254 g/mol. The van der Waals surface area contributed by atoms with Crippen LogP contribution in [0.3, 0.4) is 0 Å². The molecule has 0 amide bonds. The zero-order valence-corrected chi connectivity index (χ0v) is 11.4. The fourth-order valence-corrected chi connectivity index (χ4v) is 2.63. The number of hydrogen-bond donors (Lipinski definition) is 1. The van der Waals surface area contributed by atoms with E-state index in [1.807, 2.05) is 32.2 Å². The molecule has 0 saturated carbocycles. The van der Waals surface area contributed by atoms with Crippen LogP contribution < -0.4 is 5.32 Å². The second-order valence-electron chi connectivity index (χ2n) is 3.77. The molecular formula is C12H14ClN3S. The first-order valence-electron chi connectivity index (χ1n) is 5.45. The zero-order chi connectivity index (χ0) is 12.3. The van der Waals surface area contributed by atoms with Crippen LogP contribution in [0.2, 0.25) is 5.02 Å². The van der Waals surface area contributed by atoms with Crippen LogP contribution in [-0.4, -0.2) is 23.8 Å². The summed E-state index contributed by atoms with van der Waals surface area (Å²) in [7, 11) is 1.93. The molecule has 1 heterocycles. The molecule has 90 valence electrons. The lowest BCUT2D eigenvalue weighted by Crippen LogP contribution is -2.09. The summed E-state index contributed by atoms with van der Waals surface area (Å²) < 4.78 is 0. The zero-order valence-electron chi connectivity index (χ0n) is 9.83. The van der Waals surface area contributed by atoms with Crippen LogP contribution >= 0.6 is 22.9 Å². The summed E-state index contributed by atoms with van der Waals surface area (Å²) in [6.07, 6.45) is 0.910. The molecule has 0 aliphatic rings. The van der Waals surface area contributed by atoms with E-state index < -0.39 is 0 Å². The summed E-state index contributed by atoms with van der Waals surface area (Å²) in [6, 6.07) is 5.87. The van der Waals surface area contributed by atoms with Gasteiger partial charge in [-0.15, -0.1) is 10.2 Å². The van der Waals surface area contributed by atoms with Gasteiger partial charge in [-0.2, -0.15) is 0 Å². The molecule has 0 fully saturated rings. The number of aromatic nitrogens is 2. The molecule has 1 N–H and O–H groups in total. The molecule has 0 bridgehead atoms. The summed E-state index contributed by atoms with van der Waals surface area (Å²) in [5.41, 5.74) is 2.14. The average molecular weight is 268 g/mol. The Hall–Kier alpha value is -0.970. The molecule has 1 aromatic carbocycles. The highest BCUT2D eigenvalue weighted by Gasteiger charge is 2.10. The quantitative estimate of drug-likeness (QED) is 0.926. The molecule has 0 unspecified atom stereocenters. The molecule has 2 rings (SSSR count). The third kappa shape index (κ3) is 2.83. The van der Waals surface area contributed by atoms with E-state index in [1.165, 1.54) is 0 Å². The Balaban J connectivity index is 2.27. The number of likely N-dealkylation sites (N-methyl/N-ethyl adjacent to an activating group) is 1. The summed E-state index contributed by atoms with van der Waals surface area (Å²) in [5, 5.41) is 14.3. The van der Waals surface area contributed by atoms with Crippen molar-refractivity contribution in [2.75, 3.05) is 13.6 Å². The number of nitrogens with one attached hydrogen (secondary N) is 1. The highest BCUT2D eigenvalue weighted by atomic mass is 35.5. The average Bonchev–Trinajstić information content (AvgIpc) is 2.78. The van der Waals surface area contributed by atoms with Gasteiger partial charge in [-0.1, -0.05) is 35.1 Å². The van der Waals surface area contributed by atoms with Crippen LogP contribution in [0.1, 0.15) is 10.6 Å². The standard InChI is InChI=1S/C12H14ClN3S/c1-8-9(4-3-5-10(8)13)12-16-15-11(17-12)6-7-14-2/h3-5,14H,6-7H2,1-2H3. The van der Waals surface area contributed by atoms with Crippen molar-refractivity contribution in [2.24, 2.45) is 0 Å². The van der Waals surface area contributed by atoms with Crippen LogP contribution in [0, 0.1) is 6.92 Å². The Bertz CT molecular complexity index is 510. The number of benzene rings is 1. The Labute approximate surface area is 110 Å². The van der Waals surface area contributed by atoms with E-state index in [2.05, 4.69) is 15.5 Å². The molecule has 17 heavy (non-hydrogen) atoms. The third-order valence-corrected chi connectivity index (χ3v) is 3.98. The number of nitrogens with zero attached hydrogens (tertiary/aromatic N) is 2. The number of hydrogen-bond acceptors (Lipinski definition) is 4. The van der Waals surface area contributed by atoms with Gasteiger partial charge in [-0.3, -0.25) is 0 Å². The van der Waals surface area contributed by atoms with Crippen LogP contribution in [0.4, 0.5) is 0 Å². The molecule has 0 atom stereocenters. The second kappa shape index (κ2) is 5.58. The minimum absolute atomic E-state index is 0.773. The van der Waals surface area contributed by atoms with E-state index >= 15 is 0 Å². The Morgan fingerprint density at radius 2 is 2.18 bits per heavy atom.